The molecule has 2 fully saturated rings. The van der Waals surface area contributed by atoms with Crippen LogP contribution in [-0.4, -0.2) is 35.3 Å². The van der Waals surface area contributed by atoms with Gasteiger partial charge in [-0.25, -0.2) is 0 Å². The summed E-state index contributed by atoms with van der Waals surface area (Å²) >= 11 is 0. The zero-order chi connectivity index (χ0) is 14.3. The van der Waals surface area contributed by atoms with Crippen LogP contribution in [0, 0.1) is 0 Å². The van der Waals surface area contributed by atoms with Crippen LogP contribution in [0.1, 0.15) is 18.1 Å². The number of benzene rings is 1. The van der Waals surface area contributed by atoms with Gasteiger partial charge in [0.05, 0.1) is 13.7 Å². The van der Waals surface area contributed by atoms with Crippen molar-refractivity contribution in [3.63, 3.8) is 0 Å². The van der Waals surface area contributed by atoms with Crippen molar-refractivity contribution in [2.45, 2.75) is 12.0 Å². The first-order chi connectivity index (χ1) is 9.52. The predicted molar refractivity (Wildman–Crippen MR) is 70.1 cm³/mol. The molecule has 0 aromatic heterocycles. The molecular formula is C14H15N3O2. The Hall–Kier alpha value is -2.30. The van der Waals surface area contributed by atoms with Gasteiger partial charge in [-0.1, -0.05) is 24.8 Å². The molecule has 5 nitrogen and oxygen atoms in total. The topological polar surface area (TPSA) is 61.4 Å². The molecule has 1 aromatic carbocycles. The van der Waals surface area contributed by atoms with E-state index in [2.05, 4.69) is 17.2 Å². The molecule has 0 radical (unpaired) electrons. The third-order valence-corrected chi connectivity index (χ3v) is 3.59. The van der Waals surface area contributed by atoms with Gasteiger partial charge >= 0.3 is 0 Å². The smallest absolute Gasteiger partial charge is 0.253 e. The first-order valence-electron chi connectivity index (χ1n) is 6.65. The zero-order valence-electron chi connectivity index (χ0n) is 11.4. The fraction of sp³-hybridized carbons (Fsp3) is 0.286. The van der Waals surface area contributed by atoms with Crippen LogP contribution >= 0.6 is 0 Å². The highest BCUT2D eigenvalue weighted by Crippen LogP contribution is 2.27. The maximum absolute atomic E-state index is 12.4. The zero-order valence-corrected chi connectivity index (χ0v) is 10.4. The molecule has 0 aliphatic carbocycles. The highest BCUT2D eigenvalue weighted by molar-refractivity contribution is 5.97. The molecule has 19 heavy (non-hydrogen) atoms. The second-order valence-corrected chi connectivity index (χ2v) is 4.89. The number of nitrogens with one attached hydrogen (secondary N) is 2. The van der Waals surface area contributed by atoms with Crippen LogP contribution in [0.4, 0.5) is 0 Å². The van der Waals surface area contributed by atoms with Crippen molar-refractivity contribution < 1.29 is 11.0 Å². The minimum Gasteiger partial charge on any atom is -0.356 e. The summed E-state index contributed by atoms with van der Waals surface area (Å²) in [4.78, 5) is 26.0. The summed E-state index contributed by atoms with van der Waals surface area (Å²) in [5, 5.41) is 5.67. The van der Waals surface area contributed by atoms with Crippen molar-refractivity contribution in [3.05, 3.63) is 48.3 Å². The molecule has 1 unspecified atom stereocenters. The molecule has 2 aliphatic rings. The third kappa shape index (κ3) is 1.87. The Kier molecular flexibility index (Phi) is 2.30. The molecule has 1 aromatic rings. The van der Waals surface area contributed by atoms with E-state index in [4.69, 9.17) is 1.37 Å². The lowest BCUT2D eigenvalue weighted by atomic mass is 9.99. The van der Waals surface area contributed by atoms with Crippen molar-refractivity contribution >= 4 is 11.8 Å². The highest BCUT2D eigenvalue weighted by Gasteiger charge is 2.49. The Labute approximate surface area is 112 Å². The molecule has 2 amide bonds. The fourth-order valence-corrected chi connectivity index (χ4v) is 2.60. The molecule has 2 N–H and O–H groups in total. The maximum atomic E-state index is 12.4. The third-order valence-electron chi connectivity index (χ3n) is 3.59. The molecule has 0 bridgehead atoms. The summed E-state index contributed by atoms with van der Waals surface area (Å²) in [6.07, 6.45) is 0.545. The van der Waals surface area contributed by atoms with Crippen LogP contribution in [0.25, 0.3) is 0 Å². The van der Waals surface area contributed by atoms with Crippen LogP contribution in [0.3, 0.4) is 0 Å². The lowest BCUT2D eigenvalue weighted by Crippen LogP contribution is -2.49. The van der Waals surface area contributed by atoms with E-state index in [-0.39, 0.29) is 17.9 Å². The lowest BCUT2D eigenvalue weighted by Gasteiger charge is -2.21. The number of hydrogen-bond donors (Lipinski definition) is 2. The van der Waals surface area contributed by atoms with Gasteiger partial charge in [0.15, 0.2) is 0 Å². The van der Waals surface area contributed by atoms with Gasteiger partial charge in [0.1, 0.15) is 5.54 Å². The summed E-state index contributed by atoms with van der Waals surface area (Å²) in [6.45, 7) is 4.47. The van der Waals surface area contributed by atoms with Gasteiger partial charge in [0, 0.05) is 12.1 Å². The average Bonchev–Trinajstić information content (AvgIpc) is 2.95. The number of hydrogen-bond acceptors (Lipinski definition) is 3. The van der Waals surface area contributed by atoms with Crippen LogP contribution in [0.5, 0.6) is 0 Å². The Bertz CT molecular complexity index is 616. The molecule has 1 spiro atoms. The molecule has 2 heterocycles. The summed E-state index contributed by atoms with van der Waals surface area (Å²) in [6, 6.07) is 6.88. The Balaban J connectivity index is 1.81. The van der Waals surface area contributed by atoms with Gasteiger partial charge < -0.3 is 15.5 Å². The van der Waals surface area contributed by atoms with Gasteiger partial charge in [-0.3, -0.25) is 9.59 Å². The van der Waals surface area contributed by atoms with Crippen molar-refractivity contribution in [2.75, 3.05) is 13.1 Å². The second-order valence-electron chi connectivity index (χ2n) is 4.89. The number of likely N-dealkylation sites (tertiary alicyclic amines) is 1. The van der Waals surface area contributed by atoms with Crippen molar-refractivity contribution in [1.29, 1.82) is 0 Å². The average molecular weight is 259 g/mol. The second kappa shape index (κ2) is 4.12. The molecular weight excluding hydrogens is 242 g/mol. The van der Waals surface area contributed by atoms with Gasteiger partial charge in [-0.15, -0.1) is 0 Å². The fourth-order valence-electron chi connectivity index (χ4n) is 2.60. The van der Waals surface area contributed by atoms with Crippen molar-refractivity contribution in [1.82, 2.24) is 15.5 Å². The number of rotatable bonds is 1. The minimum absolute atomic E-state index is 0.142. The highest BCUT2D eigenvalue weighted by atomic mass is 16.2. The number of nitrogens with zero attached hydrogens (tertiary/aromatic N) is 1. The molecule has 3 rings (SSSR count). The quantitative estimate of drug-likeness (QED) is 0.770. The molecule has 98 valence electrons. The van der Waals surface area contributed by atoms with E-state index in [9.17, 15) is 9.59 Å². The van der Waals surface area contributed by atoms with E-state index in [1.54, 1.807) is 29.2 Å². The van der Waals surface area contributed by atoms with E-state index >= 15 is 0 Å². The van der Waals surface area contributed by atoms with Gasteiger partial charge in [0.25, 0.3) is 11.8 Å². The normalized spacial score (nSPS) is 26.3. The Morgan fingerprint density at radius 2 is 2.32 bits per heavy atom. The van der Waals surface area contributed by atoms with Crippen LogP contribution in [-0.2, 0) is 4.79 Å². The monoisotopic (exact) mass is 259 g/mol. The predicted octanol–water partition coefficient (Wildman–Crippen LogP) is 0.462. The van der Waals surface area contributed by atoms with E-state index in [0.717, 1.165) is 0 Å². The van der Waals surface area contributed by atoms with Crippen molar-refractivity contribution in [3.8, 4) is 0 Å². The summed E-state index contributed by atoms with van der Waals surface area (Å²) < 4.78 is 7.78. The molecule has 2 aliphatic heterocycles. The summed E-state index contributed by atoms with van der Waals surface area (Å²) in [5.74, 6) is 0.127. The molecule has 1 atom stereocenters. The van der Waals surface area contributed by atoms with Gasteiger partial charge in [-0.05, 0) is 18.5 Å². The lowest BCUT2D eigenvalue weighted by molar-refractivity contribution is -0.123. The SMILES string of the molecule is [3H]c1ccccc1C(=O)N1CCC2(C1)NC(=C)NC2=O. The van der Waals surface area contributed by atoms with E-state index in [1.807, 2.05) is 0 Å². The largest absolute Gasteiger partial charge is 0.356 e. The summed E-state index contributed by atoms with van der Waals surface area (Å²) in [5.41, 5.74) is -0.397. The van der Waals surface area contributed by atoms with Crippen molar-refractivity contribution in [2.24, 2.45) is 0 Å². The standard InChI is InChI=1S/C14H15N3O2/c1-10-15-13(19)14(16-10)7-8-17(9-14)12(18)11-5-3-2-4-6-11/h2-6,16H,1,7-9H2,(H,15,19)/i5T. The van der Waals surface area contributed by atoms with Crippen LogP contribution < -0.4 is 10.6 Å². The molecule has 0 saturated carbocycles. The minimum atomic E-state index is -0.760. The van der Waals surface area contributed by atoms with E-state index in [0.29, 0.717) is 30.9 Å². The summed E-state index contributed by atoms with van der Waals surface area (Å²) in [7, 11) is 0. The number of carbonyl (C=O) groups is 2. The molecule has 5 heteroatoms. The van der Waals surface area contributed by atoms with E-state index < -0.39 is 5.54 Å². The Morgan fingerprint density at radius 3 is 3.00 bits per heavy atom. The molecule has 2 saturated heterocycles. The number of amides is 2. The first kappa shape index (κ1) is 10.6. The van der Waals surface area contributed by atoms with Gasteiger partial charge in [0.2, 0.25) is 0 Å². The van der Waals surface area contributed by atoms with Gasteiger partial charge in [-0.2, -0.15) is 0 Å². The first-order valence-corrected chi connectivity index (χ1v) is 6.15. The maximum Gasteiger partial charge on any atom is 0.253 e. The number of carbonyl (C=O) groups excluding carboxylic acids is 2. The van der Waals surface area contributed by atoms with Crippen LogP contribution in [0.15, 0.2) is 42.7 Å². The van der Waals surface area contributed by atoms with Crippen LogP contribution in [0.2, 0.25) is 0 Å². The Morgan fingerprint density at radius 1 is 1.47 bits per heavy atom. The van der Waals surface area contributed by atoms with E-state index in [1.165, 1.54) is 0 Å².